The quantitative estimate of drug-likeness (QED) is 0.729. The van der Waals surface area contributed by atoms with Gasteiger partial charge in [-0.2, -0.15) is 0 Å². The minimum atomic E-state index is -0.602. The van der Waals surface area contributed by atoms with E-state index in [1.54, 1.807) is 12.1 Å². The van der Waals surface area contributed by atoms with Crippen molar-refractivity contribution in [3.8, 4) is 0 Å². The largest absolute Gasteiger partial charge is 0.399 e. The zero-order chi connectivity index (χ0) is 10.7. The molecular weight excluding hydrogens is 186 g/mol. The molecule has 15 heavy (non-hydrogen) atoms. The summed E-state index contributed by atoms with van der Waals surface area (Å²) in [4.78, 5) is 0. The molecule has 0 heterocycles. The lowest BCUT2D eigenvalue weighted by Gasteiger charge is -2.11. The first kappa shape index (κ1) is 9.74. The lowest BCUT2D eigenvalue weighted by atomic mass is 10.0. The fourth-order valence-electron chi connectivity index (χ4n) is 1.56. The Kier molecular flexibility index (Phi) is 2.70. The molecule has 0 saturated heterocycles. The van der Waals surface area contributed by atoms with Gasteiger partial charge in [0, 0.05) is 5.69 Å². The molecule has 0 aliphatic heterocycles. The molecule has 0 aliphatic carbocycles. The van der Waals surface area contributed by atoms with Crippen LogP contribution in [0.4, 0.5) is 5.69 Å². The van der Waals surface area contributed by atoms with Gasteiger partial charge in [-0.25, -0.2) is 0 Å². The topological polar surface area (TPSA) is 46.2 Å². The predicted molar refractivity (Wildman–Crippen MR) is 61.4 cm³/mol. The van der Waals surface area contributed by atoms with Crippen LogP contribution in [0.2, 0.25) is 0 Å². The molecule has 0 fully saturated rings. The Morgan fingerprint density at radius 3 is 2.20 bits per heavy atom. The van der Waals surface area contributed by atoms with Crippen molar-refractivity contribution in [2.24, 2.45) is 0 Å². The molecule has 0 aromatic heterocycles. The van der Waals surface area contributed by atoms with E-state index in [0.717, 1.165) is 11.1 Å². The van der Waals surface area contributed by atoms with Crippen LogP contribution in [0.5, 0.6) is 0 Å². The Morgan fingerprint density at radius 2 is 1.53 bits per heavy atom. The Bertz CT molecular complexity index is 439. The Labute approximate surface area is 89.0 Å². The highest BCUT2D eigenvalue weighted by Gasteiger charge is 2.09. The fraction of sp³-hybridized carbons (Fsp3) is 0.0769. The molecule has 76 valence electrons. The van der Waals surface area contributed by atoms with Crippen LogP contribution >= 0.6 is 0 Å². The first-order valence-corrected chi connectivity index (χ1v) is 4.86. The Hall–Kier alpha value is -1.80. The van der Waals surface area contributed by atoms with Gasteiger partial charge < -0.3 is 10.8 Å². The van der Waals surface area contributed by atoms with Gasteiger partial charge in [-0.1, -0.05) is 42.5 Å². The number of hydrogen-bond acceptors (Lipinski definition) is 2. The van der Waals surface area contributed by atoms with Crippen molar-refractivity contribution in [3.05, 3.63) is 65.7 Å². The van der Waals surface area contributed by atoms with Gasteiger partial charge in [-0.15, -0.1) is 0 Å². The van der Waals surface area contributed by atoms with Gasteiger partial charge in [0.25, 0.3) is 0 Å². The molecule has 2 heteroatoms. The van der Waals surface area contributed by atoms with E-state index in [1.807, 2.05) is 42.5 Å². The van der Waals surface area contributed by atoms with E-state index in [0.29, 0.717) is 5.69 Å². The van der Waals surface area contributed by atoms with Crippen molar-refractivity contribution in [1.82, 2.24) is 0 Å². The second-order valence-electron chi connectivity index (χ2n) is 3.48. The highest BCUT2D eigenvalue weighted by Crippen LogP contribution is 2.22. The van der Waals surface area contributed by atoms with Gasteiger partial charge in [0.1, 0.15) is 6.10 Å². The number of hydrogen-bond donors (Lipinski definition) is 2. The summed E-state index contributed by atoms with van der Waals surface area (Å²) in [5.41, 5.74) is 8.03. The molecule has 0 saturated carbocycles. The minimum absolute atomic E-state index is 0.602. The molecule has 0 bridgehead atoms. The van der Waals surface area contributed by atoms with Gasteiger partial charge in [-0.05, 0) is 23.3 Å². The van der Waals surface area contributed by atoms with E-state index in [1.165, 1.54) is 0 Å². The van der Waals surface area contributed by atoms with E-state index in [4.69, 9.17) is 5.73 Å². The van der Waals surface area contributed by atoms with Crippen LogP contribution in [0, 0.1) is 0 Å². The van der Waals surface area contributed by atoms with E-state index in [2.05, 4.69) is 0 Å². The third-order valence-electron chi connectivity index (χ3n) is 2.34. The summed E-state index contributed by atoms with van der Waals surface area (Å²) in [7, 11) is 0. The van der Waals surface area contributed by atoms with E-state index < -0.39 is 6.10 Å². The van der Waals surface area contributed by atoms with Crippen LogP contribution < -0.4 is 5.73 Å². The molecule has 0 radical (unpaired) electrons. The van der Waals surface area contributed by atoms with Crippen molar-refractivity contribution in [3.63, 3.8) is 0 Å². The average molecular weight is 199 g/mol. The predicted octanol–water partition coefficient (Wildman–Crippen LogP) is 2.35. The number of benzene rings is 2. The highest BCUT2D eigenvalue weighted by atomic mass is 16.3. The number of anilines is 1. The standard InChI is InChI=1S/C13H13NO/c14-12-8-4-7-11(9-12)13(15)10-5-2-1-3-6-10/h1-9,13,15H,14H2/t13-/m0/s1. The zero-order valence-electron chi connectivity index (χ0n) is 8.30. The van der Waals surface area contributed by atoms with Crippen LogP contribution in [-0.2, 0) is 0 Å². The molecule has 2 rings (SSSR count). The Balaban J connectivity index is 2.32. The van der Waals surface area contributed by atoms with E-state index in [9.17, 15) is 5.11 Å². The van der Waals surface area contributed by atoms with Crippen molar-refractivity contribution in [1.29, 1.82) is 0 Å². The van der Waals surface area contributed by atoms with Crippen LogP contribution in [-0.4, -0.2) is 5.11 Å². The first-order chi connectivity index (χ1) is 7.27. The zero-order valence-corrected chi connectivity index (χ0v) is 8.30. The van der Waals surface area contributed by atoms with E-state index in [-0.39, 0.29) is 0 Å². The number of aliphatic hydroxyl groups excluding tert-OH is 1. The monoisotopic (exact) mass is 199 g/mol. The summed E-state index contributed by atoms with van der Waals surface area (Å²) in [6.07, 6.45) is -0.602. The maximum atomic E-state index is 10.1. The van der Waals surface area contributed by atoms with Gasteiger partial charge >= 0.3 is 0 Å². The van der Waals surface area contributed by atoms with Crippen LogP contribution in [0.3, 0.4) is 0 Å². The van der Waals surface area contributed by atoms with Gasteiger partial charge in [0.05, 0.1) is 0 Å². The number of rotatable bonds is 2. The van der Waals surface area contributed by atoms with Crippen LogP contribution in [0.25, 0.3) is 0 Å². The normalized spacial score (nSPS) is 12.3. The minimum Gasteiger partial charge on any atom is -0.399 e. The maximum Gasteiger partial charge on any atom is 0.104 e. The second kappa shape index (κ2) is 4.15. The third-order valence-corrected chi connectivity index (χ3v) is 2.34. The third kappa shape index (κ3) is 2.17. The lowest BCUT2D eigenvalue weighted by Crippen LogP contribution is -1.99. The van der Waals surface area contributed by atoms with Crippen LogP contribution in [0.1, 0.15) is 17.2 Å². The van der Waals surface area contributed by atoms with Crippen molar-refractivity contribution in [2.75, 3.05) is 5.73 Å². The molecule has 1 atom stereocenters. The SMILES string of the molecule is Nc1cccc([C@@H](O)c2ccccc2)c1. The van der Waals surface area contributed by atoms with Crippen molar-refractivity contribution < 1.29 is 5.11 Å². The van der Waals surface area contributed by atoms with Gasteiger partial charge in [0.2, 0.25) is 0 Å². The average Bonchev–Trinajstić information content (AvgIpc) is 2.29. The summed E-state index contributed by atoms with van der Waals surface area (Å²) in [5.74, 6) is 0. The Morgan fingerprint density at radius 1 is 0.867 bits per heavy atom. The molecular formula is C13H13NO. The molecule has 0 aliphatic rings. The highest BCUT2D eigenvalue weighted by molar-refractivity contribution is 5.43. The second-order valence-corrected chi connectivity index (χ2v) is 3.48. The molecule has 2 nitrogen and oxygen atoms in total. The summed E-state index contributed by atoms with van der Waals surface area (Å²) in [5, 5.41) is 10.1. The van der Waals surface area contributed by atoms with Gasteiger partial charge in [-0.3, -0.25) is 0 Å². The summed E-state index contributed by atoms with van der Waals surface area (Å²) in [6, 6.07) is 16.8. The molecule has 3 N–H and O–H groups in total. The van der Waals surface area contributed by atoms with Crippen LogP contribution in [0.15, 0.2) is 54.6 Å². The molecule has 0 amide bonds. The van der Waals surface area contributed by atoms with E-state index >= 15 is 0 Å². The summed E-state index contributed by atoms with van der Waals surface area (Å²) < 4.78 is 0. The summed E-state index contributed by atoms with van der Waals surface area (Å²) >= 11 is 0. The number of nitrogens with two attached hydrogens (primary N) is 1. The maximum absolute atomic E-state index is 10.1. The number of nitrogen functional groups attached to an aromatic ring is 1. The molecule has 0 unspecified atom stereocenters. The molecule has 2 aromatic carbocycles. The van der Waals surface area contributed by atoms with Crippen molar-refractivity contribution >= 4 is 5.69 Å². The lowest BCUT2D eigenvalue weighted by molar-refractivity contribution is 0.220. The molecule has 0 spiro atoms. The fourth-order valence-corrected chi connectivity index (χ4v) is 1.56. The molecule has 2 aromatic rings. The summed E-state index contributed by atoms with van der Waals surface area (Å²) in [6.45, 7) is 0. The first-order valence-electron chi connectivity index (χ1n) is 4.86. The smallest absolute Gasteiger partial charge is 0.104 e. The van der Waals surface area contributed by atoms with Gasteiger partial charge in [0.15, 0.2) is 0 Å². The number of aliphatic hydroxyl groups is 1. The van der Waals surface area contributed by atoms with Crippen molar-refractivity contribution in [2.45, 2.75) is 6.10 Å².